The molecule has 3 rings (SSSR count). The maximum Gasteiger partial charge on any atom is 0.200 e. The first-order valence-electron chi connectivity index (χ1n) is 7.99. The minimum atomic E-state index is -0.628. The SMILES string of the molecule is O=C(COc1ccccc1)c1ccc(COc2cc(F)ccc2F)cc1. The number of carbonyl (C=O) groups excluding carboxylic acids is 1. The summed E-state index contributed by atoms with van der Waals surface area (Å²) in [6.07, 6.45) is 0. The number of hydrogen-bond donors (Lipinski definition) is 0. The molecular weight excluding hydrogens is 338 g/mol. The van der Waals surface area contributed by atoms with Crippen LogP contribution in [0.4, 0.5) is 8.78 Å². The van der Waals surface area contributed by atoms with Gasteiger partial charge >= 0.3 is 0 Å². The molecule has 0 radical (unpaired) electrons. The van der Waals surface area contributed by atoms with Crippen molar-refractivity contribution in [1.29, 1.82) is 0 Å². The molecule has 26 heavy (non-hydrogen) atoms. The molecule has 5 heteroatoms. The van der Waals surface area contributed by atoms with Crippen LogP contribution in [0, 0.1) is 11.6 Å². The summed E-state index contributed by atoms with van der Waals surface area (Å²) >= 11 is 0. The molecule has 0 heterocycles. The monoisotopic (exact) mass is 354 g/mol. The number of halogens is 2. The standard InChI is InChI=1S/C21H16F2O3/c22-17-10-11-19(23)21(12-17)26-13-15-6-8-16(9-7-15)20(24)14-25-18-4-2-1-3-5-18/h1-12H,13-14H2. The van der Waals surface area contributed by atoms with E-state index in [-0.39, 0.29) is 24.7 Å². The van der Waals surface area contributed by atoms with Crippen LogP contribution in [-0.4, -0.2) is 12.4 Å². The first-order valence-corrected chi connectivity index (χ1v) is 7.99. The van der Waals surface area contributed by atoms with E-state index in [0.717, 1.165) is 23.8 Å². The van der Waals surface area contributed by atoms with Gasteiger partial charge in [0.2, 0.25) is 0 Å². The molecule has 0 saturated heterocycles. The average Bonchev–Trinajstić information content (AvgIpc) is 2.68. The lowest BCUT2D eigenvalue weighted by molar-refractivity contribution is 0.0921. The molecule has 0 aliphatic heterocycles. The lowest BCUT2D eigenvalue weighted by Crippen LogP contribution is -2.11. The normalized spacial score (nSPS) is 10.4. The lowest BCUT2D eigenvalue weighted by Gasteiger charge is -2.08. The van der Waals surface area contributed by atoms with Crippen molar-refractivity contribution in [3.05, 3.63) is 95.6 Å². The van der Waals surface area contributed by atoms with Crippen molar-refractivity contribution in [2.75, 3.05) is 6.61 Å². The van der Waals surface area contributed by atoms with Gasteiger partial charge in [0.1, 0.15) is 18.2 Å². The summed E-state index contributed by atoms with van der Waals surface area (Å²) in [6.45, 7) is 0.00369. The van der Waals surface area contributed by atoms with Gasteiger partial charge in [-0.3, -0.25) is 4.79 Å². The van der Waals surface area contributed by atoms with Crippen molar-refractivity contribution < 1.29 is 23.0 Å². The fraction of sp³-hybridized carbons (Fsp3) is 0.0952. The topological polar surface area (TPSA) is 35.5 Å². The molecule has 0 bridgehead atoms. The first kappa shape index (κ1) is 17.6. The van der Waals surface area contributed by atoms with Crippen molar-refractivity contribution in [1.82, 2.24) is 0 Å². The number of ether oxygens (including phenoxy) is 2. The van der Waals surface area contributed by atoms with Crippen LogP contribution >= 0.6 is 0 Å². The third kappa shape index (κ3) is 4.66. The first-order chi connectivity index (χ1) is 12.6. The highest BCUT2D eigenvalue weighted by atomic mass is 19.1. The van der Waals surface area contributed by atoms with Gasteiger partial charge in [-0.2, -0.15) is 0 Å². The highest BCUT2D eigenvalue weighted by Gasteiger charge is 2.08. The van der Waals surface area contributed by atoms with Crippen molar-refractivity contribution >= 4 is 5.78 Å². The van der Waals surface area contributed by atoms with Crippen LogP contribution in [0.3, 0.4) is 0 Å². The average molecular weight is 354 g/mol. The van der Waals surface area contributed by atoms with E-state index >= 15 is 0 Å². The van der Waals surface area contributed by atoms with E-state index in [4.69, 9.17) is 9.47 Å². The van der Waals surface area contributed by atoms with Gasteiger partial charge in [0, 0.05) is 11.6 Å². The highest BCUT2D eigenvalue weighted by molar-refractivity contribution is 5.97. The molecule has 0 aromatic heterocycles. The van der Waals surface area contributed by atoms with E-state index in [0.29, 0.717) is 11.3 Å². The fourth-order valence-electron chi connectivity index (χ4n) is 2.28. The van der Waals surface area contributed by atoms with E-state index < -0.39 is 11.6 Å². The summed E-state index contributed by atoms with van der Waals surface area (Å²) < 4.78 is 37.3. The summed E-state index contributed by atoms with van der Waals surface area (Å²) in [6, 6.07) is 18.8. The predicted octanol–water partition coefficient (Wildman–Crippen LogP) is 4.81. The Labute approximate surface area is 149 Å². The van der Waals surface area contributed by atoms with Crippen LogP contribution in [0.5, 0.6) is 11.5 Å². The Hall–Kier alpha value is -3.21. The molecule has 3 nitrogen and oxygen atoms in total. The Morgan fingerprint density at radius 2 is 1.58 bits per heavy atom. The predicted molar refractivity (Wildman–Crippen MR) is 93.4 cm³/mol. The second kappa shape index (κ2) is 8.25. The lowest BCUT2D eigenvalue weighted by atomic mass is 10.1. The molecule has 0 aliphatic carbocycles. The van der Waals surface area contributed by atoms with Crippen LogP contribution < -0.4 is 9.47 Å². The second-order valence-corrected chi connectivity index (χ2v) is 5.59. The van der Waals surface area contributed by atoms with Gasteiger partial charge in [-0.1, -0.05) is 42.5 Å². The minimum absolute atomic E-state index is 0.0611. The van der Waals surface area contributed by atoms with Crippen LogP contribution in [-0.2, 0) is 6.61 Å². The van der Waals surface area contributed by atoms with E-state index in [1.165, 1.54) is 0 Å². The molecule has 0 N–H and O–H groups in total. The van der Waals surface area contributed by atoms with Gasteiger partial charge in [0.05, 0.1) is 0 Å². The summed E-state index contributed by atoms with van der Waals surface area (Å²) in [5, 5.41) is 0. The molecule has 0 aliphatic rings. The number of Topliss-reactive ketones (excluding diaryl/α,β-unsaturated/α-hetero) is 1. The number of hydrogen-bond acceptors (Lipinski definition) is 3. The minimum Gasteiger partial charge on any atom is -0.486 e. The van der Waals surface area contributed by atoms with Gasteiger partial charge < -0.3 is 9.47 Å². The Morgan fingerprint density at radius 3 is 2.31 bits per heavy atom. The Kier molecular flexibility index (Phi) is 5.59. The van der Waals surface area contributed by atoms with Gasteiger partial charge in [0.15, 0.2) is 24.0 Å². The molecule has 0 spiro atoms. The fourth-order valence-corrected chi connectivity index (χ4v) is 2.28. The Morgan fingerprint density at radius 1 is 0.846 bits per heavy atom. The van der Waals surface area contributed by atoms with Gasteiger partial charge in [-0.05, 0) is 29.8 Å². The van der Waals surface area contributed by atoms with Crippen molar-refractivity contribution in [2.24, 2.45) is 0 Å². The summed E-state index contributed by atoms with van der Waals surface area (Å²) in [7, 11) is 0. The number of carbonyl (C=O) groups is 1. The smallest absolute Gasteiger partial charge is 0.200 e. The van der Waals surface area contributed by atoms with Crippen LogP contribution in [0.2, 0.25) is 0 Å². The summed E-state index contributed by atoms with van der Waals surface area (Å²) in [5.74, 6) is -0.876. The maximum atomic E-state index is 13.5. The molecule has 0 fully saturated rings. The van der Waals surface area contributed by atoms with Gasteiger partial charge in [0.25, 0.3) is 0 Å². The molecular formula is C21H16F2O3. The molecule has 3 aromatic carbocycles. The van der Waals surface area contributed by atoms with Crippen LogP contribution in [0.1, 0.15) is 15.9 Å². The molecule has 132 valence electrons. The van der Waals surface area contributed by atoms with Crippen molar-refractivity contribution in [3.63, 3.8) is 0 Å². The molecule has 0 unspecified atom stereocenters. The third-order valence-corrected chi connectivity index (χ3v) is 3.68. The quantitative estimate of drug-likeness (QED) is 0.572. The van der Waals surface area contributed by atoms with E-state index in [1.54, 1.807) is 36.4 Å². The summed E-state index contributed by atoms with van der Waals surface area (Å²) in [5.41, 5.74) is 1.23. The Bertz CT molecular complexity index is 878. The molecule has 3 aromatic rings. The number of rotatable bonds is 7. The zero-order valence-electron chi connectivity index (χ0n) is 13.8. The Balaban J connectivity index is 1.56. The number of para-hydroxylation sites is 1. The maximum absolute atomic E-state index is 13.5. The summed E-state index contributed by atoms with van der Waals surface area (Å²) in [4.78, 5) is 12.1. The zero-order valence-corrected chi connectivity index (χ0v) is 13.8. The third-order valence-electron chi connectivity index (χ3n) is 3.68. The highest BCUT2D eigenvalue weighted by Crippen LogP contribution is 2.19. The molecule has 0 amide bonds. The molecule has 0 atom stereocenters. The second-order valence-electron chi connectivity index (χ2n) is 5.59. The van der Waals surface area contributed by atoms with Crippen LogP contribution in [0.25, 0.3) is 0 Å². The van der Waals surface area contributed by atoms with Gasteiger partial charge in [-0.15, -0.1) is 0 Å². The van der Waals surface area contributed by atoms with E-state index in [1.807, 2.05) is 18.2 Å². The van der Waals surface area contributed by atoms with E-state index in [2.05, 4.69) is 0 Å². The van der Waals surface area contributed by atoms with Gasteiger partial charge in [-0.25, -0.2) is 8.78 Å². The molecule has 0 saturated carbocycles. The van der Waals surface area contributed by atoms with Crippen LogP contribution in [0.15, 0.2) is 72.8 Å². The number of ketones is 1. The zero-order chi connectivity index (χ0) is 18.4. The largest absolute Gasteiger partial charge is 0.486 e. The van der Waals surface area contributed by atoms with E-state index in [9.17, 15) is 13.6 Å². The van der Waals surface area contributed by atoms with Crippen molar-refractivity contribution in [3.8, 4) is 11.5 Å². The van der Waals surface area contributed by atoms with Crippen molar-refractivity contribution in [2.45, 2.75) is 6.61 Å². The number of benzene rings is 3.